The summed E-state index contributed by atoms with van der Waals surface area (Å²) in [5.41, 5.74) is 3.92. The Kier molecular flexibility index (Phi) is 6.99. The Bertz CT molecular complexity index is 1060. The van der Waals surface area contributed by atoms with Gasteiger partial charge in [0, 0.05) is 5.56 Å². The quantitative estimate of drug-likeness (QED) is 0.413. The first-order valence-electron chi connectivity index (χ1n) is 9.36. The monoisotopic (exact) mass is 409 g/mol. The molecule has 0 aliphatic carbocycles. The Morgan fingerprint density at radius 3 is 2.53 bits per heavy atom. The predicted molar refractivity (Wildman–Crippen MR) is 115 cm³/mol. The lowest BCUT2D eigenvalue weighted by molar-refractivity contribution is 0.294. The van der Waals surface area contributed by atoms with E-state index in [2.05, 4.69) is 25.7 Å². The zero-order valence-corrected chi connectivity index (χ0v) is 17.0. The lowest BCUT2D eigenvalue weighted by Crippen LogP contribution is -2.15. The zero-order chi connectivity index (χ0) is 21.3. The van der Waals surface area contributed by atoms with E-state index >= 15 is 0 Å². The summed E-state index contributed by atoms with van der Waals surface area (Å²) in [5, 5.41) is 12.1. The van der Waals surface area contributed by atoms with Crippen molar-refractivity contribution < 1.29 is 14.2 Å². The molecule has 0 saturated carbocycles. The fourth-order valence-corrected chi connectivity index (χ4v) is 2.59. The molecular formula is C21H23N5O4. The number of benzene rings is 2. The second kappa shape index (κ2) is 10.1. The molecule has 0 unspecified atom stereocenters. The molecule has 0 fully saturated rings. The average molecular weight is 409 g/mol. The molecule has 0 amide bonds. The van der Waals surface area contributed by atoms with Crippen molar-refractivity contribution in [2.75, 3.05) is 26.3 Å². The fraction of sp³-hybridized carbons (Fsp3) is 0.238. The molecule has 1 heterocycles. The number of methoxy groups -OCH3 is 2. The summed E-state index contributed by atoms with van der Waals surface area (Å²) >= 11 is 0. The van der Waals surface area contributed by atoms with Gasteiger partial charge in [-0.1, -0.05) is 6.92 Å². The number of H-pyrrole nitrogens is 1. The molecule has 2 N–H and O–H groups in total. The van der Waals surface area contributed by atoms with Gasteiger partial charge in [-0.2, -0.15) is 5.10 Å². The summed E-state index contributed by atoms with van der Waals surface area (Å²) in [5.74, 6) is 2.11. The van der Waals surface area contributed by atoms with Crippen molar-refractivity contribution in [1.29, 1.82) is 0 Å². The lowest BCUT2D eigenvalue weighted by atomic mass is 10.1. The maximum absolute atomic E-state index is 12.3. The second-order valence-electron chi connectivity index (χ2n) is 6.21. The number of hydrogen-bond donors (Lipinski definition) is 2. The van der Waals surface area contributed by atoms with Gasteiger partial charge in [0.05, 0.1) is 27.0 Å². The van der Waals surface area contributed by atoms with Crippen molar-refractivity contribution in [3.05, 3.63) is 58.4 Å². The van der Waals surface area contributed by atoms with E-state index in [9.17, 15) is 4.79 Å². The van der Waals surface area contributed by atoms with Crippen LogP contribution in [0.25, 0.3) is 11.3 Å². The largest absolute Gasteiger partial charge is 0.497 e. The Morgan fingerprint density at radius 1 is 1.07 bits per heavy atom. The summed E-state index contributed by atoms with van der Waals surface area (Å²) in [6, 6.07) is 12.4. The van der Waals surface area contributed by atoms with Crippen LogP contribution in [-0.4, -0.2) is 42.2 Å². The molecule has 3 rings (SSSR count). The van der Waals surface area contributed by atoms with E-state index in [0.717, 1.165) is 12.0 Å². The van der Waals surface area contributed by atoms with Crippen LogP contribution in [-0.2, 0) is 0 Å². The van der Waals surface area contributed by atoms with Gasteiger partial charge in [0.15, 0.2) is 17.2 Å². The summed E-state index contributed by atoms with van der Waals surface area (Å²) in [6.07, 6.45) is 2.47. The van der Waals surface area contributed by atoms with E-state index in [1.54, 1.807) is 50.8 Å². The van der Waals surface area contributed by atoms with Crippen LogP contribution in [0.2, 0.25) is 0 Å². The normalized spacial score (nSPS) is 10.8. The van der Waals surface area contributed by atoms with E-state index in [1.165, 1.54) is 0 Å². The molecular weight excluding hydrogens is 386 g/mol. The number of rotatable bonds is 9. The SMILES string of the molecule is CCCOc1cc(/C=N/Nc2nnc(-c3ccc(OC)cc3)c(=O)[nH]2)ccc1OC. The Labute approximate surface area is 173 Å². The zero-order valence-electron chi connectivity index (χ0n) is 17.0. The van der Waals surface area contributed by atoms with Gasteiger partial charge in [0.25, 0.3) is 5.56 Å². The van der Waals surface area contributed by atoms with Crippen LogP contribution in [0.4, 0.5) is 5.95 Å². The number of hydrogen-bond acceptors (Lipinski definition) is 8. The molecule has 9 heteroatoms. The molecule has 0 aliphatic heterocycles. The van der Waals surface area contributed by atoms with Crippen LogP contribution >= 0.6 is 0 Å². The molecule has 3 aromatic rings. The van der Waals surface area contributed by atoms with Crippen LogP contribution in [0.3, 0.4) is 0 Å². The summed E-state index contributed by atoms with van der Waals surface area (Å²) in [7, 11) is 3.17. The number of aromatic amines is 1. The predicted octanol–water partition coefficient (Wildman–Crippen LogP) is 3.08. The summed E-state index contributed by atoms with van der Waals surface area (Å²) < 4.78 is 16.1. The molecule has 0 spiro atoms. The lowest BCUT2D eigenvalue weighted by Gasteiger charge is -2.10. The highest BCUT2D eigenvalue weighted by molar-refractivity contribution is 5.81. The van der Waals surface area contributed by atoms with Crippen molar-refractivity contribution in [3.8, 4) is 28.5 Å². The number of nitrogens with zero attached hydrogens (tertiary/aromatic N) is 3. The highest BCUT2D eigenvalue weighted by atomic mass is 16.5. The van der Waals surface area contributed by atoms with Crippen molar-refractivity contribution in [2.24, 2.45) is 5.10 Å². The summed E-state index contributed by atoms with van der Waals surface area (Å²) in [6.45, 7) is 2.62. The number of anilines is 1. The maximum Gasteiger partial charge on any atom is 0.279 e. The number of nitrogens with one attached hydrogen (secondary N) is 2. The van der Waals surface area contributed by atoms with E-state index < -0.39 is 0 Å². The van der Waals surface area contributed by atoms with Gasteiger partial charge >= 0.3 is 0 Å². The Hall–Kier alpha value is -3.88. The topological polar surface area (TPSA) is 111 Å². The van der Waals surface area contributed by atoms with Crippen LogP contribution in [0.5, 0.6) is 17.2 Å². The molecule has 2 aromatic carbocycles. The fourth-order valence-electron chi connectivity index (χ4n) is 2.59. The molecule has 1 aromatic heterocycles. The van der Waals surface area contributed by atoms with E-state index in [4.69, 9.17) is 14.2 Å². The highest BCUT2D eigenvalue weighted by Gasteiger charge is 2.08. The summed E-state index contributed by atoms with van der Waals surface area (Å²) in [4.78, 5) is 14.9. The third kappa shape index (κ3) is 5.13. The Balaban J connectivity index is 1.70. The number of hydrazone groups is 1. The van der Waals surface area contributed by atoms with Crippen LogP contribution in [0, 0.1) is 0 Å². The minimum atomic E-state index is -0.382. The third-order valence-electron chi connectivity index (χ3n) is 4.09. The van der Waals surface area contributed by atoms with Crippen LogP contribution < -0.4 is 25.2 Å². The van der Waals surface area contributed by atoms with Gasteiger partial charge in [-0.25, -0.2) is 5.43 Å². The Morgan fingerprint density at radius 2 is 1.87 bits per heavy atom. The van der Waals surface area contributed by atoms with Gasteiger partial charge in [-0.3, -0.25) is 9.78 Å². The molecule has 0 radical (unpaired) electrons. The van der Waals surface area contributed by atoms with Crippen molar-refractivity contribution >= 4 is 12.2 Å². The molecule has 0 saturated heterocycles. The molecule has 0 bridgehead atoms. The van der Waals surface area contributed by atoms with Gasteiger partial charge in [0.2, 0.25) is 5.95 Å². The van der Waals surface area contributed by atoms with Gasteiger partial charge in [-0.05, 0) is 54.4 Å². The van der Waals surface area contributed by atoms with Gasteiger partial charge in [0.1, 0.15) is 5.75 Å². The van der Waals surface area contributed by atoms with Crippen molar-refractivity contribution in [1.82, 2.24) is 15.2 Å². The smallest absolute Gasteiger partial charge is 0.279 e. The van der Waals surface area contributed by atoms with Gasteiger partial charge in [-0.15, -0.1) is 10.2 Å². The van der Waals surface area contributed by atoms with E-state index in [0.29, 0.717) is 29.4 Å². The number of aromatic nitrogens is 3. The minimum absolute atomic E-state index is 0.129. The van der Waals surface area contributed by atoms with E-state index in [1.807, 2.05) is 19.1 Å². The first-order chi connectivity index (χ1) is 14.6. The first kappa shape index (κ1) is 20.8. The second-order valence-corrected chi connectivity index (χ2v) is 6.21. The number of ether oxygens (including phenoxy) is 3. The van der Waals surface area contributed by atoms with Crippen molar-refractivity contribution in [3.63, 3.8) is 0 Å². The third-order valence-corrected chi connectivity index (χ3v) is 4.09. The van der Waals surface area contributed by atoms with E-state index in [-0.39, 0.29) is 17.2 Å². The first-order valence-corrected chi connectivity index (χ1v) is 9.36. The molecule has 156 valence electrons. The maximum atomic E-state index is 12.3. The molecule has 9 nitrogen and oxygen atoms in total. The average Bonchev–Trinajstić information content (AvgIpc) is 2.78. The molecule has 0 atom stereocenters. The standard InChI is InChI=1S/C21H23N5O4/c1-4-11-30-18-12-14(5-10-17(18)29-3)13-22-25-21-23-20(27)19(24-26-21)15-6-8-16(28-2)9-7-15/h5-10,12-13H,4,11H2,1-3H3,(H2,23,25,26,27)/b22-13+. The molecule has 30 heavy (non-hydrogen) atoms. The molecule has 0 aliphatic rings. The van der Waals surface area contributed by atoms with Crippen LogP contribution in [0.1, 0.15) is 18.9 Å². The minimum Gasteiger partial charge on any atom is -0.497 e. The highest BCUT2D eigenvalue weighted by Crippen LogP contribution is 2.27. The van der Waals surface area contributed by atoms with Gasteiger partial charge < -0.3 is 14.2 Å². The van der Waals surface area contributed by atoms with Crippen LogP contribution in [0.15, 0.2) is 52.4 Å². The van der Waals surface area contributed by atoms with Crippen molar-refractivity contribution in [2.45, 2.75) is 13.3 Å².